The largest absolute Gasteiger partial charge is 0.379 e. The molecule has 1 aromatic carbocycles. The minimum Gasteiger partial charge on any atom is -0.379 e. The summed E-state index contributed by atoms with van der Waals surface area (Å²) >= 11 is 0. The molecule has 1 atom stereocenters. The summed E-state index contributed by atoms with van der Waals surface area (Å²) in [5.74, 6) is 0.940. The summed E-state index contributed by atoms with van der Waals surface area (Å²) in [6.45, 7) is 8.01. The lowest BCUT2D eigenvalue weighted by atomic mass is 10.2. The molecule has 0 radical (unpaired) electrons. The smallest absolute Gasteiger partial charge is 0.137 e. The highest BCUT2D eigenvalue weighted by molar-refractivity contribution is 5.54. The molecule has 0 amide bonds. The first kappa shape index (κ1) is 16.2. The quantitative estimate of drug-likeness (QED) is 0.888. The Bertz CT molecular complexity index is 592. The zero-order valence-corrected chi connectivity index (χ0v) is 14.0. The predicted molar refractivity (Wildman–Crippen MR) is 92.2 cm³/mol. The van der Waals surface area contributed by atoms with E-state index in [1.807, 2.05) is 24.4 Å². The van der Waals surface area contributed by atoms with Crippen molar-refractivity contribution in [3.63, 3.8) is 0 Å². The summed E-state index contributed by atoms with van der Waals surface area (Å²) < 4.78 is 5.43. The van der Waals surface area contributed by atoms with Crippen LogP contribution in [0.2, 0.25) is 0 Å². The van der Waals surface area contributed by atoms with E-state index in [1.54, 1.807) is 0 Å². The maximum Gasteiger partial charge on any atom is 0.137 e. The number of H-pyrrole nitrogens is 1. The van der Waals surface area contributed by atoms with Gasteiger partial charge >= 0.3 is 0 Å². The minimum absolute atomic E-state index is 0.542. The SMILES string of the molecule is C[C@@H](CN(C)Cc1cnc(-c2ccccc2)[nH]1)N1CCOCC1. The Labute approximate surface area is 138 Å². The molecule has 0 bridgehead atoms. The average Bonchev–Trinajstić information content (AvgIpc) is 3.04. The summed E-state index contributed by atoms with van der Waals surface area (Å²) in [5.41, 5.74) is 2.28. The van der Waals surface area contributed by atoms with Gasteiger partial charge in [0.05, 0.1) is 13.2 Å². The Morgan fingerprint density at radius 2 is 2.00 bits per heavy atom. The molecule has 1 aliphatic rings. The minimum atomic E-state index is 0.542. The highest BCUT2D eigenvalue weighted by Gasteiger charge is 2.18. The van der Waals surface area contributed by atoms with Gasteiger partial charge in [-0.25, -0.2) is 4.98 Å². The van der Waals surface area contributed by atoms with Crippen molar-refractivity contribution in [3.05, 3.63) is 42.2 Å². The molecule has 5 nitrogen and oxygen atoms in total. The monoisotopic (exact) mass is 314 g/mol. The Morgan fingerprint density at radius 3 is 2.74 bits per heavy atom. The summed E-state index contributed by atoms with van der Waals surface area (Å²) in [7, 11) is 2.17. The zero-order chi connectivity index (χ0) is 16.1. The van der Waals surface area contributed by atoms with Crippen LogP contribution in [0.25, 0.3) is 11.4 Å². The average molecular weight is 314 g/mol. The maximum absolute atomic E-state index is 5.43. The van der Waals surface area contributed by atoms with Crippen molar-refractivity contribution >= 4 is 0 Å². The van der Waals surface area contributed by atoms with Gasteiger partial charge in [0.1, 0.15) is 5.82 Å². The van der Waals surface area contributed by atoms with E-state index >= 15 is 0 Å². The standard InChI is InChI=1S/C18H26N4O/c1-15(22-8-10-23-11-9-22)13-21(2)14-17-12-19-18(20-17)16-6-4-3-5-7-16/h3-7,12,15H,8-11,13-14H2,1-2H3,(H,19,20)/t15-/m0/s1. The van der Waals surface area contributed by atoms with Gasteiger partial charge in [-0.2, -0.15) is 0 Å². The molecule has 1 aliphatic heterocycles. The first-order valence-electron chi connectivity index (χ1n) is 8.32. The molecule has 0 unspecified atom stereocenters. The van der Waals surface area contributed by atoms with Gasteiger partial charge in [-0.1, -0.05) is 30.3 Å². The summed E-state index contributed by atoms with van der Waals surface area (Å²) in [6.07, 6.45) is 1.94. The molecule has 1 saturated heterocycles. The van der Waals surface area contributed by atoms with Gasteiger partial charge in [-0.05, 0) is 14.0 Å². The molecule has 2 heterocycles. The molecule has 3 rings (SSSR count). The van der Waals surface area contributed by atoms with E-state index < -0.39 is 0 Å². The molecule has 2 aromatic rings. The summed E-state index contributed by atoms with van der Waals surface area (Å²) in [5, 5.41) is 0. The second-order valence-corrected chi connectivity index (χ2v) is 6.32. The van der Waals surface area contributed by atoms with E-state index in [-0.39, 0.29) is 0 Å². The highest BCUT2D eigenvalue weighted by atomic mass is 16.5. The number of hydrogen-bond donors (Lipinski definition) is 1. The first-order chi connectivity index (χ1) is 11.2. The van der Waals surface area contributed by atoms with Crippen LogP contribution in [0.1, 0.15) is 12.6 Å². The lowest BCUT2D eigenvalue weighted by Crippen LogP contribution is -2.46. The molecule has 0 aliphatic carbocycles. The molecule has 0 saturated carbocycles. The van der Waals surface area contributed by atoms with E-state index in [2.05, 4.69) is 45.9 Å². The fraction of sp³-hybridized carbons (Fsp3) is 0.500. The van der Waals surface area contributed by atoms with E-state index in [9.17, 15) is 0 Å². The second kappa shape index (κ2) is 7.73. The third-order valence-corrected chi connectivity index (χ3v) is 4.36. The van der Waals surface area contributed by atoms with Gasteiger partial charge in [-0.15, -0.1) is 0 Å². The van der Waals surface area contributed by atoms with E-state index in [0.717, 1.165) is 56.5 Å². The third-order valence-electron chi connectivity index (χ3n) is 4.36. The van der Waals surface area contributed by atoms with Crippen molar-refractivity contribution in [1.29, 1.82) is 0 Å². The maximum atomic E-state index is 5.43. The highest BCUT2D eigenvalue weighted by Crippen LogP contribution is 2.15. The van der Waals surface area contributed by atoms with Crippen molar-refractivity contribution in [1.82, 2.24) is 19.8 Å². The number of morpholine rings is 1. The lowest BCUT2D eigenvalue weighted by molar-refractivity contribution is 0.0136. The van der Waals surface area contributed by atoms with Crippen molar-refractivity contribution in [3.8, 4) is 11.4 Å². The zero-order valence-electron chi connectivity index (χ0n) is 14.0. The van der Waals surface area contributed by atoms with Crippen LogP contribution in [0.4, 0.5) is 0 Å². The molecular formula is C18H26N4O. The second-order valence-electron chi connectivity index (χ2n) is 6.32. The van der Waals surface area contributed by atoms with E-state index in [1.165, 1.54) is 0 Å². The molecule has 124 valence electrons. The lowest BCUT2D eigenvalue weighted by Gasteiger charge is -2.34. The number of ether oxygens (including phenoxy) is 1. The topological polar surface area (TPSA) is 44.4 Å². The van der Waals surface area contributed by atoms with Crippen LogP contribution < -0.4 is 0 Å². The molecule has 5 heteroatoms. The summed E-state index contributed by atoms with van der Waals surface area (Å²) in [4.78, 5) is 12.8. The summed E-state index contributed by atoms with van der Waals surface area (Å²) in [6, 6.07) is 10.8. The number of aromatic nitrogens is 2. The van der Waals surface area contributed by atoms with Crippen molar-refractivity contribution < 1.29 is 4.74 Å². The molecule has 1 fully saturated rings. The van der Waals surface area contributed by atoms with Crippen LogP contribution in [-0.4, -0.2) is 65.7 Å². The molecule has 1 aromatic heterocycles. The van der Waals surface area contributed by atoms with Gasteiger partial charge in [0.25, 0.3) is 0 Å². The number of aromatic amines is 1. The Balaban J connectivity index is 1.53. The van der Waals surface area contributed by atoms with Gasteiger partial charge < -0.3 is 9.72 Å². The fourth-order valence-electron chi connectivity index (χ4n) is 3.12. The van der Waals surface area contributed by atoms with Crippen molar-refractivity contribution in [2.45, 2.75) is 19.5 Å². The first-order valence-corrected chi connectivity index (χ1v) is 8.32. The van der Waals surface area contributed by atoms with Crippen LogP contribution in [0.3, 0.4) is 0 Å². The van der Waals surface area contributed by atoms with Gasteiger partial charge in [-0.3, -0.25) is 9.80 Å². The van der Waals surface area contributed by atoms with Crippen LogP contribution in [0.15, 0.2) is 36.5 Å². The van der Waals surface area contributed by atoms with Crippen LogP contribution in [0.5, 0.6) is 0 Å². The van der Waals surface area contributed by atoms with Crippen LogP contribution in [-0.2, 0) is 11.3 Å². The Kier molecular flexibility index (Phi) is 5.43. The number of nitrogens with zero attached hydrogens (tertiary/aromatic N) is 3. The number of imidazole rings is 1. The van der Waals surface area contributed by atoms with Crippen LogP contribution in [0, 0.1) is 0 Å². The van der Waals surface area contributed by atoms with Gasteiger partial charge in [0.2, 0.25) is 0 Å². The number of rotatable bonds is 6. The molecule has 23 heavy (non-hydrogen) atoms. The van der Waals surface area contributed by atoms with Gasteiger partial charge in [0.15, 0.2) is 0 Å². The number of nitrogens with one attached hydrogen (secondary N) is 1. The Hall–Kier alpha value is -1.69. The Morgan fingerprint density at radius 1 is 1.26 bits per heavy atom. The van der Waals surface area contributed by atoms with E-state index in [0.29, 0.717) is 6.04 Å². The van der Waals surface area contributed by atoms with E-state index in [4.69, 9.17) is 4.74 Å². The van der Waals surface area contributed by atoms with Crippen molar-refractivity contribution in [2.75, 3.05) is 39.9 Å². The van der Waals surface area contributed by atoms with Gasteiger partial charge in [0, 0.05) is 49.7 Å². The third kappa shape index (κ3) is 4.41. The van der Waals surface area contributed by atoms with Crippen molar-refractivity contribution in [2.24, 2.45) is 0 Å². The molecule has 0 spiro atoms. The molecule has 1 N–H and O–H groups in total. The fourth-order valence-corrected chi connectivity index (χ4v) is 3.12. The number of hydrogen-bond acceptors (Lipinski definition) is 4. The predicted octanol–water partition coefficient (Wildman–Crippen LogP) is 2.23. The normalized spacial score (nSPS) is 17.5. The number of benzene rings is 1. The molecular weight excluding hydrogens is 288 g/mol. The number of likely N-dealkylation sites (N-methyl/N-ethyl adjacent to an activating group) is 1. The van der Waals surface area contributed by atoms with Crippen LogP contribution >= 0.6 is 0 Å².